The fraction of sp³-hybridized carbons (Fsp3) is 0.333. The molecule has 0 amide bonds. The van der Waals surface area contributed by atoms with Crippen LogP contribution in [0.25, 0.3) is 0 Å². The number of halogens is 1. The summed E-state index contributed by atoms with van der Waals surface area (Å²) in [6.45, 7) is 2.09. The molecular formula is C15H16ClN3. The van der Waals surface area contributed by atoms with Crippen molar-refractivity contribution in [1.29, 1.82) is 0 Å². The summed E-state index contributed by atoms with van der Waals surface area (Å²) in [6, 6.07) is 1.88. The Bertz CT molecular complexity index is 610. The monoisotopic (exact) mass is 273 g/mol. The standard InChI is InChI=1S/C15H16ClN3/c1-10-13-4-2-3-5-14(13)15(9-18-10)19-12-6-11(16)7-17-8-12/h6-9,19H,2-5H2,1H3. The number of rotatable bonds is 2. The highest BCUT2D eigenvalue weighted by atomic mass is 35.5. The molecule has 0 aromatic carbocycles. The molecule has 98 valence electrons. The van der Waals surface area contributed by atoms with Gasteiger partial charge in [-0.15, -0.1) is 0 Å². The van der Waals surface area contributed by atoms with Gasteiger partial charge < -0.3 is 5.32 Å². The van der Waals surface area contributed by atoms with Crippen LogP contribution in [0.5, 0.6) is 0 Å². The average Bonchev–Trinajstić information content (AvgIpc) is 2.42. The van der Waals surface area contributed by atoms with Gasteiger partial charge in [0.15, 0.2) is 0 Å². The predicted molar refractivity (Wildman–Crippen MR) is 78.1 cm³/mol. The minimum atomic E-state index is 0.638. The van der Waals surface area contributed by atoms with Crippen LogP contribution in [0, 0.1) is 6.92 Å². The molecule has 0 bridgehead atoms. The Balaban J connectivity index is 1.97. The Labute approximate surface area is 118 Å². The zero-order valence-electron chi connectivity index (χ0n) is 10.9. The highest BCUT2D eigenvalue weighted by Crippen LogP contribution is 2.31. The molecule has 2 aromatic rings. The molecule has 0 saturated carbocycles. The first-order chi connectivity index (χ1) is 9.24. The summed E-state index contributed by atoms with van der Waals surface area (Å²) < 4.78 is 0. The number of anilines is 2. The summed E-state index contributed by atoms with van der Waals surface area (Å²) in [5.74, 6) is 0. The van der Waals surface area contributed by atoms with E-state index in [1.54, 1.807) is 12.4 Å². The summed E-state index contributed by atoms with van der Waals surface area (Å²) in [5.41, 5.74) is 5.96. The van der Waals surface area contributed by atoms with E-state index in [0.717, 1.165) is 29.9 Å². The molecule has 2 heterocycles. The normalized spacial score (nSPS) is 14.0. The molecule has 0 radical (unpaired) electrons. The lowest BCUT2D eigenvalue weighted by Gasteiger charge is -2.21. The van der Waals surface area contributed by atoms with Crippen molar-refractivity contribution >= 4 is 23.0 Å². The van der Waals surface area contributed by atoms with E-state index >= 15 is 0 Å². The van der Waals surface area contributed by atoms with Crippen molar-refractivity contribution in [2.45, 2.75) is 32.6 Å². The first kappa shape index (κ1) is 12.4. The summed E-state index contributed by atoms with van der Waals surface area (Å²) in [6.07, 6.45) is 10.1. The van der Waals surface area contributed by atoms with Crippen LogP contribution in [0.3, 0.4) is 0 Å². The molecule has 0 aliphatic heterocycles. The Morgan fingerprint density at radius 2 is 1.89 bits per heavy atom. The molecule has 2 aromatic heterocycles. The van der Waals surface area contributed by atoms with Crippen LogP contribution in [-0.2, 0) is 12.8 Å². The summed E-state index contributed by atoms with van der Waals surface area (Å²) in [7, 11) is 0. The summed E-state index contributed by atoms with van der Waals surface area (Å²) in [4.78, 5) is 8.59. The molecule has 0 spiro atoms. The lowest BCUT2D eigenvalue weighted by molar-refractivity contribution is 0.678. The van der Waals surface area contributed by atoms with Crippen LogP contribution in [0.1, 0.15) is 29.7 Å². The van der Waals surface area contributed by atoms with Gasteiger partial charge in [-0.25, -0.2) is 0 Å². The van der Waals surface area contributed by atoms with Crippen LogP contribution >= 0.6 is 11.6 Å². The Kier molecular flexibility index (Phi) is 3.38. The van der Waals surface area contributed by atoms with Gasteiger partial charge in [0.05, 0.1) is 28.8 Å². The van der Waals surface area contributed by atoms with Crippen LogP contribution in [-0.4, -0.2) is 9.97 Å². The Morgan fingerprint density at radius 1 is 1.11 bits per heavy atom. The second-order valence-electron chi connectivity index (χ2n) is 4.94. The fourth-order valence-corrected chi connectivity index (χ4v) is 2.84. The van der Waals surface area contributed by atoms with Gasteiger partial charge in [-0.1, -0.05) is 11.6 Å². The topological polar surface area (TPSA) is 37.8 Å². The van der Waals surface area contributed by atoms with Gasteiger partial charge in [0.2, 0.25) is 0 Å². The van der Waals surface area contributed by atoms with Gasteiger partial charge in [-0.3, -0.25) is 9.97 Å². The molecule has 0 fully saturated rings. The zero-order chi connectivity index (χ0) is 13.2. The summed E-state index contributed by atoms with van der Waals surface area (Å²) >= 11 is 5.96. The van der Waals surface area contributed by atoms with Crippen molar-refractivity contribution in [3.05, 3.63) is 46.5 Å². The molecule has 4 heteroatoms. The third-order valence-corrected chi connectivity index (χ3v) is 3.81. The highest BCUT2D eigenvalue weighted by molar-refractivity contribution is 6.30. The summed E-state index contributed by atoms with van der Waals surface area (Å²) in [5, 5.41) is 4.03. The molecule has 3 nitrogen and oxygen atoms in total. The molecule has 19 heavy (non-hydrogen) atoms. The van der Waals surface area contributed by atoms with E-state index in [-0.39, 0.29) is 0 Å². The molecule has 0 atom stereocenters. The number of aryl methyl sites for hydroxylation is 1. The number of aromatic nitrogens is 2. The molecular weight excluding hydrogens is 258 g/mol. The van der Waals surface area contributed by atoms with Gasteiger partial charge in [0, 0.05) is 11.9 Å². The molecule has 0 saturated heterocycles. The van der Waals surface area contributed by atoms with Gasteiger partial charge in [-0.05, 0) is 49.8 Å². The van der Waals surface area contributed by atoms with Crippen LogP contribution < -0.4 is 5.32 Å². The second-order valence-corrected chi connectivity index (χ2v) is 5.37. The number of pyridine rings is 2. The van der Waals surface area contributed by atoms with Crippen LogP contribution in [0.2, 0.25) is 5.02 Å². The van der Waals surface area contributed by atoms with Crippen LogP contribution in [0.15, 0.2) is 24.7 Å². The average molecular weight is 274 g/mol. The maximum atomic E-state index is 5.96. The fourth-order valence-electron chi connectivity index (χ4n) is 2.66. The quantitative estimate of drug-likeness (QED) is 0.897. The van der Waals surface area contributed by atoms with Crippen molar-refractivity contribution in [3.8, 4) is 0 Å². The third kappa shape index (κ3) is 2.56. The largest absolute Gasteiger partial charge is 0.353 e. The van der Waals surface area contributed by atoms with Crippen molar-refractivity contribution in [3.63, 3.8) is 0 Å². The van der Waals surface area contributed by atoms with Crippen molar-refractivity contribution < 1.29 is 0 Å². The molecule has 1 aliphatic rings. The van der Waals surface area contributed by atoms with E-state index in [2.05, 4.69) is 22.2 Å². The van der Waals surface area contributed by atoms with Gasteiger partial charge in [0.1, 0.15) is 0 Å². The number of nitrogens with one attached hydrogen (secondary N) is 1. The molecule has 1 aliphatic carbocycles. The van der Waals surface area contributed by atoms with E-state index in [9.17, 15) is 0 Å². The minimum Gasteiger partial charge on any atom is -0.353 e. The van der Waals surface area contributed by atoms with Gasteiger partial charge >= 0.3 is 0 Å². The van der Waals surface area contributed by atoms with Crippen LogP contribution in [0.4, 0.5) is 11.4 Å². The number of hydrogen-bond donors (Lipinski definition) is 1. The maximum Gasteiger partial charge on any atom is 0.0609 e. The number of fused-ring (bicyclic) bond motifs is 1. The highest BCUT2D eigenvalue weighted by Gasteiger charge is 2.16. The van der Waals surface area contributed by atoms with Gasteiger partial charge in [0.25, 0.3) is 0 Å². The Morgan fingerprint density at radius 3 is 2.68 bits per heavy atom. The second kappa shape index (κ2) is 5.17. The van der Waals surface area contributed by atoms with Crippen molar-refractivity contribution in [2.24, 2.45) is 0 Å². The number of hydrogen-bond acceptors (Lipinski definition) is 3. The maximum absolute atomic E-state index is 5.96. The van der Waals surface area contributed by atoms with Crippen molar-refractivity contribution in [1.82, 2.24) is 9.97 Å². The lowest BCUT2D eigenvalue weighted by Crippen LogP contribution is -2.09. The molecule has 0 unspecified atom stereocenters. The zero-order valence-corrected chi connectivity index (χ0v) is 11.7. The lowest BCUT2D eigenvalue weighted by atomic mass is 9.90. The first-order valence-electron chi connectivity index (χ1n) is 6.59. The van der Waals surface area contributed by atoms with E-state index in [1.165, 1.54) is 24.0 Å². The predicted octanol–water partition coefficient (Wildman–Crippen LogP) is 4.06. The minimum absolute atomic E-state index is 0.638. The van der Waals surface area contributed by atoms with E-state index in [0.29, 0.717) is 5.02 Å². The first-order valence-corrected chi connectivity index (χ1v) is 6.97. The molecule has 3 rings (SSSR count). The number of nitrogens with zero attached hydrogens (tertiary/aromatic N) is 2. The van der Waals surface area contributed by atoms with Gasteiger partial charge in [-0.2, -0.15) is 0 Å². The van der Waals surface area contributed by atoms with Crippen molar-refractivity contribution in [2.75, 3.05) is 5.32 Å². The van der Waals surface area contributed by atoms with E-state index in [1.807, 2.05) is 12.3 Å². The molecule has 1 N–H and O–H groups in total. The SMILES string of the molecule is Cc1ncc(Nc2cncc(Cl)c2)c2c1CCCC2. The Hall–Kier alpha value is -1.61. The van der Waals surface area contributed by atoms with E-state index in [4.69, 9.17) is 11.6 Å². The van der Waals surface area contributed by atoms with E-state index < -0.39 is 0 Å². The third-order valence-electron chi connectivity index (χ3n) is 3.60. The smallest absolute Gasteiger partial charge is 0.0609 e.